The van der Waals surface area contributed by atoms with Crippen molar-refractivity contribution in [2.45, 2.75) is 19.9 Å². The molecule has 0 aliphatic carbocycles. The van der Waals surface area contributed by atoms with Crippen LogP contribution < -0.4 is 15.8 Å². The lowest BCUT2D eigenvalue weighted by molar-refractivity contribution is 0.196. The number of para-hydroxylation sites is 1. The minimum atomic E-state index is -0.606. The normalized spacial score (nSPS) is 11.9. The molecule has 1 amide bonds. The highest BCUT2D eigenvalue weighted by Gasteiger charge is 2.19. The number of benzene rings is 1. The number of ether oxygens (including phenoxy) is 1. The Labute approximate surface area is 100 Å². The number of hydrogen-bond acceptors (Lipinski definition) is 3. The summed E-state index contributed by atoms with van der Waals surface area (Å²) >= 11 is 0. The van der Waals surface area contributed by atoms with Crippen LogP contribution in [0.1, 0.15) is 13.8 Å². The van der Waals surface area contributed by atoms with E-state index < -0.39 is 12.1 Å². The van der Waals surface area contributed by atoms with Crippen LogP contribution in [-0.4, -0.2) is 18.0 Å². The quantitative estimate of drug-likeness (QED) is 0.548. The first-order chi connectivity index (χ1) is 8.00. The van der Waals surface area contributed by atoms with Crippen LogP contribution in [0, 0.1) is 11.3 Å². The van der Waals surface area contributed by atoms with E-state index in [1.54, 1.807) is 24.3 Å². The molecule has 0 spiro atoms. The van der Waals surface area contributed by atoms with E-state index in [0.717, 1.165) is 0 Å². The molecule has 1 rings (SSSR count). The first kappa shape index (κ1) is 13.0. The van der Waals surface area contributed by atoms with Crippen molar-refractivity contribution in [1.29, 1.82) is 5.41 Å². The molecular weight excluding hydrogens is 218 g/mol. The Kier molecular flexibility index (Phi) is 4.51. The number of hydrogen-bond donors (Lipinski definition) is 3. The lowest BCUT2D eigenvalue weighted by Gasteiger charge is -2.20. The average molecular weight is 235 g/mol. The van der Waals surface area contributed by atoms with Gasteiger partial charge in [0.05, 0.1) is 6.04 Å². The Morgan fingerprint density at radius 3 is 2.41 bits per heavy atom. The Morgan fingerprint density at radius 2 is 1.94 bits per heavy atom. The summed E-state index contributed by atoms with van der Waals surface area (Å²) in [6, 6.07) is 8.22. The highest BCUT2D eigenvalue weighted by molar-refractivity contribution is 5.87. The van der Waals surface area contributed by atoms with E-state index >= 15 is 0 Å². The number of rotatable bonds is 4. The third-order valence-corrected chi connectivity index (χ3v) is 2.23. The number of nitrogens with one attached hydrogen (secondary N) is 2. The van der Waals surface area contributed by atoms with Gasteiger partial charge in [0.1, 0.15) is 11.6 Å². The van der Waals surface area contributed by atoms with E-state index in [4.69, 9.17) is 15.9 Å². The standard InChI is InChI=1S/C12H17N3O2/c1-8(2)10(11(13)14)15-12(16)17-9-6-4-3-5-7-9/h3-8,10H,1-2H3,(H3,13,14)(H,15,16). The zero-order chi connectivity index (χ0) is 12.8. The van der Waals surface area contributed by atoms with Crippen molar-refractivity contribution >= 4 is 11.9 Å². The average Bonchev–Trinajstić information content (AvgIpc) is 2.26. The molecule has 0 bridgehead atoms. The van der Waals surface area contributed by atoms with Gasteiger partial charge in [-0.1, -0.05) is 32.0 Å². The molecule has 0 fully saturated rings. The zero-order valence-corrected chi connectivity index (χ0v) is 9.94. The van der Waals surface area contributed by atoms with Crippen LogP contribution in [0.3, 0.4) is 0 Å². The molecule has 5 heteroatoms. The fraction of sp³-hybridized carbons (Fsp3) is 0.333. The van der Waals surface area contributed by atoms with Crippen LogP contribution in [0.5, 0.6) is 5.75 Å². The Bertz CT molecular complexity index is 390. The molecule has 17 heavy (non-hydrogen) atoms. The van der Waals surface area contributed by atoms with Gasteiger partial charge in [0.2, 0.25) is 0 Å². The van der Waals surface area contributed by atoms with Crippen LogP contribution in [0.25, 0.3) is 0 Å². The van der Waals surface area contributed by atoms with Crippen LogP contribution in [0.4, 0.5) is 4.79 Å². The molecule has 0 radical (unpaired) electrons. The molecule has 5 nitrogen and oxygen atoms in total. The van der Waals surface area contributed by atoms with Gasteiger partial charge in [-0.05, 0) is 18.1 Å². The SMILES string of the molecule is CC(C)C(NC(=O)Oc1ccccc1)C(=N)N. The molecule has 1 aromatic carbocycles. The van der Waals surface area contributed by atoms with Crippen LogP contribution >= 0.6 is 0 Å². The van der Waals surface area contributed by atoms with Crippen molar-refractivity contribution in [3.8, 4) is 5.75 Å². The maximum absolute atomic E-state index is 11.5. The maximum Gasteiger partial charge on any atom is 0.413 e. The number of carbonyl (C=O) groups excluding carboxylic acids is 1. The lowest BCUT2D eigenvalue weighted by atomic mass is 10.0. The highest BCUT2D eigenvalue weighted by Crippen LogP contribution is 2.09. The third-order valence-electron chi connectivity index (χ3n) is 2.23. The fourth-order valence-electron chi connectivity index (χ4n) is 1.36. The number of amidine groups is 1. The molecule has 1 atom stereocenters. The van der Waals surface area contributed by atoms with E-state index in [-0.39, 0.29) is 11.8 Å². The third kappa shape index (κ3) is 4.14. The molecular formula is C12H17N3O2. The van der Waals surface area contributed by atoms with Crippen LogP contribution in [0.15, 0.2) is 30.3 Å². The summed E-state index contributed by atoms with van der Waals surface area (Å²) in [5, 5.41) is 9.92. The van der Waals surface area contributed by atoms with Gasteiger partial charge >= 0.3 is 6.09 Å². The van der Waals surface area contributed by atoms with Crippen molar-refractivity contribution in [1.82, 2.24) is 5.32 Å². The summed E-state index contributed by atoms with van der Waals surface area (Å²) in [5.74, 6) is 0.414. The van der Waals surface area contributed by atoms with E-state index in [9.17, 15) is 4.79 Å². The predicted octanol–water partition coefficient (Wildman–Crippen LogP) is 1.74. The number of amides is 1. The van der Waals surface area contributed by atoms with Gasteiger partial charge < -0.3 is 15.8 Å². The fourth-order valence-corrected chi connectivity index (χ4v) is 1.36. The van der Waals surface area contributed by atoms with E-state index in [1.807, 2.05) is 19.9 Å². The Balaban J connectivity index is 2.57. The second-order valence-electron chi connectivity index (χ2n) is 4.02. The summed E-state index contributed by atoms with van der Waals surface area (Å²) in [5.41, 5.74) is 5.39. The summed E-state index contributed by atoms with van der Waals surface area (Å²) in [4.78, 5) is 11.5. The largest absolute Gasteiger partial charge is 0.413 e. The van der Waals surface area contributed by atoms with Crippen molar-refractivity contribution in [2.24, 2.45) is 11.7 Å². The van der Waals surface area contributed by atoms with Crippen LogP contribution in [-0.2, 0) is 0 Å². The molecule has 0 aromatic heterocycles. The van der Waals surface area contributed by atoms with Gasteiger partial charge in [0, 0.05) is 0 Å². The smallest absolute Gasteiger partial charge is 0.410 e. The second-order valence-corrected chi connectivity index (χ2v) is 4.02. The van der Waals surface area contributed by atoms with E-state index in [0.29, 0.717) is 5.75 Å². The van der Waals surface area contributed by atoms with Crippen molar-refractivity contribution in [3.63, 3.8) is 0 Å². The number of nitrogens with two attached hydrogens (primary N) is 1. The monoisotopic (exact) mass is 235 g/mol. The van der Waals surface area contributed by atoms with Crippen LogP contribution in [0.2, 0.25) is 0 Å². The predicted molar refractivity (Wildman–Crippen MR) is 66.1 cm³/mol. The molecule has 0 aliphatic heterocycles. The molecule has 0 saturated carbocycles. The Morgan fingerprint density at radius 1 is 1.35 bits per heavy atom. The molecule has 0 heterocycles. The summed E-state index contributed by atoms with van der Waals surface area (Å²) in [6.07, 6.45) is -0.606. The Hall–Kier alpha value is -2.04. The van der Waals surface area contributed by atoms with Crippen molar-refractivity contribution in [3.05, 3.63) is 30.3 Å². The topological polar surface area (TPSA) is 88.2 Å². The first-order valence-electron chi connectivity index (χ1n) is 5.38. The zero-order valence-electron chi connectivity index (χ0n) is 9.94. The molecule has 92 valence electrons. The highest BCUT2D eigenvalue weighted by atomic mass is 16.6. The van der Waals surface area contributed by atoms with E-state index in [2.05, 4.69) is 5.32 Å². The van der Waals surface area contributed by atoms with E-state index in [1.165, 1.54) is 0 Å². The van der Waals surface area contributed by atoms with Gasteiger partial charge in [0.15, 0.2) is 0 Å². The molecule has 4 N–H and O–H groups in total. The minimum Gasteiger partial charge on any atom is -0.410 e. The summed E-state index contributed by atoms with van der Waals surface area (Å²) < 4.78 is 5.04. The second kappa shape index (κ2) is 5.89. The minimum absolute atomic E-state index is 0.0378. The van der Waals surface area contributed by atoms with Gasteiger partial charge in [-0.3, -0.25) is 5.41 Å². The van der Waals surface area contributed by atoms with Crippen molar-refractivity contribution in [2.75, 3.05) is 0 Å². The van der Waals surface area contributed by atoms with Gasteiger partial charge in [0.25, 0.3) is 0 Å². The molecule has 0 saturated heterocycles. The number of carbonyl (C=O) groups is 1. The first-order valence-corrected chi connectivity index (χ1v) is 5.38. The van der Waals surface area contributed by atoms with Gasteiger partial charge in [-0.15, -0.1) is 0 Å². The van der Waals surface area contributed by atoms with Crippen molar-refractivity contribution < 1.29 is 9.53 Å². The van der Waals surface area contributed by atoms with Gasteiger partial charge in [-0.25, -0.2) is 4.79 Å². The molecule has 1 aromatic rings. The lowest BCUT2D eigenvalue weighted by Crippen LogP contribution is -2.48. The molecule has 1 unspecified atom stereocenters. The van der Waals surface area contributed by atoms with Gasteiger partial charge in [-0.2, -0.15) is 0 Å². The molecule has 0 aliphatic rings. The maximum atomic E-state index is 11.5. The summed E-state index contributed by atoms with van der Waals surface area (Å²) in [7, 11) is 0. The summed E-state index contributed by atoms with van der Waals surface area (Å²) in [6.45, 7) is 3.74.